The molecule has 2 aromatic rings. The normalized spacial score (nSPS) is 15.9. The van der Waals surface area contributed by atoms with E-state index in [1.807, 2.05) is 19.1 Å². The highest BCUT2D eigenvalue weighted by Gasteiger charge is 2.44. The van der Waals surface area contributed by atoms with Gasteiger partial charge in [-0.1, -0.05) is 0 Å². The van der Waals surface area contributed by atoms with Crippen molar-refractivity contribution in [3.8, 4) is 11.5 Å². The van der Waals surface area contributed by atoms with Gasteiger partial charge in [0.2, 0.25) is 0 Å². The summed E-state index contributed by atoms with van der Waals surface area (Å²) in [5.74, 6) is 2.49. The number of ether oxygens (including phenoxy) is 2. The Hall–Kier alpha value is -2.08. The summed E-state index contributed by atoms with van der Waals surface area (Å²) < 4.78 is 11.6. The monoisotopic (exact) mass is 316 g/mol. The van der Waals surface area contributed by atoms with Crippen molar-refractivity contribution in [3.63, 3.8) is 0 Å². The molecule has 0 radical (unpaired) electrons. The van der Waals surface area contributed by atoms with Crippen molar-refractivity contribution in [1.82, 2.24) is 14.9 Å². The molecule has 1 aliphatic carbocycles. The molecule has 0 aliphatic heterocycles. The quantitative estimate of drug-likeness (QED) is 0.881. The SMILES string of the molecule is COc1cc2nc(C)nc(N)c2cc1OCC1(CN(C)C)CC1. The van der Waals surface area contributed by atoms with Gasteiger partial charge in [0.15, 0.2) is 11.5 Å². The number of nitrogens with two attached hydrogens (primary N) is 1. The zero-order chi connectivity index (χ0) is 16.6. The maximum Gasteiger partial charge on any atom is 0.162 e. The zero-order valence-corrected chi connectivity index (χ0v) is 14.2. The minimum atomic E-state index is 0.263. The minimum absolute atomic E-state index is 0.263. The summed E-state index contributed by atoms with van der Waals surface area (Å²) in [6, 6.07) is 3.75. The van der Waals surface area contributed by atoms with Crippen LogP contribution in [0.3, 0.4) is 0 Å². The van der Waals surface area contributed by atoms with Gasteiger partial charge in [-0.3, -0.25) is 0 Å². The van der Waals surface area contributed by atoms with Gasteiger partial charge in [0.1, 0.15) is 11.6 Å². The number of fused-ring (bicyclic) bond motifs is 1. The van der Waals surface area contributed by atoms with Crippen LogP contribution in [0.15, 0.2) is 12.1 Å². The number of aromatic nitrogens is 2. The maximum absolute atomic E-state index is 6.09. The molecular formula is C17H24N4O2. The molecule has 1 aliphatic rings. The van der Waals surface area contributed by atoms with Gasteiger partial charge >= 0.3 is 0 Å². The lowest BCUT2D eigenvalue weighted by Gasteiger charge is -2.21. The Labute approximate surface area is 136 Å². The van der Waals surface area contributed by atoms with Crippen molar-refractivity contribution in [1.29, 1.82) is 0 Å². The maximum atomic E-state index is 6.09. The molecule has 6 nitrogen and oxygen atoms in total. The Morgan fingerprint density at radius 3 is 2.57 bits per heavy atom. The summed E-state index contributed by atoms with van der Waals surface area (Å²) in [7, 11) is 5.83. The summed E-state index contributed by atoms with van der Waals surface area (Å²) in [5, 5.41) is 0.795. The van der Waals surface area contributed by atoms with E-state index in [1.165, 1.54) is 12.8 Å². The van der Waals surface area contributed by atoms with E-state index in [-0.39, 0.29) is 5.41 Å². The molecule has 0 amide bonds. The molecule has 1 aromatic carbocycles. The molecule has 1 heterocycles. The molecular weight excluding hydrogens is 292 g/mol. The molecule has 1 saturated carbocycles. The standard InChI is InChI=1S/C17H24N4O2/c1-11-19-13-8-14(22-4)15(7-12(13)16(18)20-11)23-10-17(5-6-17)9-21(2)3/h7-8H,5-6,9-10H2,1-4H3,(H2,18,19,20). The number of methoxy groups -OCH3 is 1. The molecule has 0 bridgehead atoms. The van der Waals surface area contributed by atoms with Gasteiger partial charge in [0.25, 0.3) is 0 Å². The van der Waals surface area contributed by atoms with Crippen molar-refractivity contribution < 1.29 is 9.47 Å². The molecule has 23 heavy (non-hydrogen) atoms. The van der Waals surface area contributed by atoms with E-state index in [0.717, 1.165) is 17.4 Å². The van der Waals surface area contributed by atoms with Gasteiger partial charge in [-0.2, -0.15) is 0 Å². The van der Waals surface area contributed by atoms with E-state index in [0.29, 0.717) is 29.7 Å². The Balaban J connectivity index is 1.88. The van der Waals surface area contributed by atoms with E-state index in [4.69, 9.17) is 15.2 Å². The first kappa shape index (κ1) is 15.8. The molecule has 3 rings (SSSR count). The van der Waals surface area contributed by atoms with E-state index >= 15 is 0 Å². The molecule has 0 saturated heterocycles. The van der Waals surface area contributed by atoms with Crippen LogP contribution in [0.25, 0.3) is 10.9 Å². The highest BCUT2D eigenvalue weighted by molar-refractivity contribution is 5.90. The second kappa shape index (κ2) is 5.85. The fourth-order valence-electron chi connectivity index (χ4n) is 2.98. The van der Waals surface area contributed by atoms with Crippen LogP contribution in [0, 0.1) is 12.3 Å². The first-order valence-corrected chi connectivity index (χ1v) is 7.82. The van der Waals surface area contributed by atoms with Crippen molar-refractivity contribution in [2.24, 2.45) is 5.41 Å². The highest BCUT2D eigenvalue weighted by atomic mass is 16.5. The summed E-state index contributed by atoms with van der Waals surface area (Å²) in [6.45, 7) is 3.54. The highest BCUT2D eigenvalue weighted by Crippen LogP contribution is 2.47. The second-order valence-corrected chi connectivity index (χ2v) is 6.70. The van der Waals surface area contributed by atoms with E-state index in [1.54, 1.807) is 7.11 Å². The van der Waals surface area contributed by atoms with E-state index in [9.17, 15) is 0 Å². The van der Waals surface area contributed by atoms with E-state index in [2.05, 4.69) is 29.0 Å². The third-order valence-corrected chi connectivity index (χ3v) is 4.27. The summed E-state index contributed by atoms with van der Waals surface area (Å²) in [6.07, 6.45) is 2.40. The largest absolute Gasteiger partial charge is 0.493 e. The van der Waals surface area contributed by atoms with Crippen molar-refractivity contribution in [3.05, 3.63) is 18.0 Å². The molecule has 1 aromatic heterocycles. The van der Waals surface area contributed by atoms with Crippen LogP contribution < -0.4 is 15.2 Å². The van der Waals surface area contributed by atoms with Crippen LogP contribution in [0.2, 0.25) is 0 Å². The van der Waals surface area contributed by atoms with Crippen LogP contribution >= 0.6 is 0 Å². The molecule has 1 fully saturated rings. The van der Waals surface area contributed by atoms with Gasteiger partial charge in [-0.05, 0) is 39.9 Å². The lowest BCUT2D eigenvalue weighted by Crippen LogP contribution is -2.27. The summed E-state index contributed by atoms with van der Waals surface area (Å²) in [5.41, 5.74) is 7.06. The first-order chi connectivity index (χ1) is 10.9. The number of nitrogens with zero attached hydrogens (tertiary/aromatic N) is 3. The third-order valence-electron chi connectivity index (χ3n) is 4.27. The number of hydrogen-bond donors (Lipinski definition) is 1. The van der Waals surface area contributed by atoms with Crippen LogP contribution in [0.1, 0.15) is 18.7 Å². The molecule has 6 heteroatoms. The number of anilines is 1. The predicted octanol–water partition coefficient (Wildman–Crippen LogP) is 2.25. The van der Waals surface area contributed by atoms with Crippen LogP contribution in [-0.4, -0.2) is 49.2 Å². The number of aryl methyl sites for hydroxylation is 1. The first-order valence-electron chi connectivity index (χ1n) is 7.82. The van der Waals surface area contributed by atoms with Crippen LogP contribution in [0.4, 0.5) is 5.82 Å². The Morgan fingerprint density at radius 1 is 1.22 bits per heavy atom. The zero-order valence-electron chi connectivity index (χ0n) is 14.2. The van der Waals surface area contributed by atoms with Gasteiger partial charge in [-0.25, -0.2) is 9.97 Å². The number of benzene rings is 1. The molecule has 0 spiro atoms. The smallest absolute Gasteiger partial charge is 0.162 e. The number of rotatable bonds is 6. The van der Waals surface area contributed by atoms with Crippen molar-refractivity contribution in [2.75, 3.05) is 40.1 Å². The average Bonchev–Trinajstić information content (AvgIpc) is 3.23. The molecule has 0 atom stereocenters. The number of hydrogen-bond acceptors (Lipinski definition) is 6. The van der Waals surface area contributed by atoms with E-state index < -0.39 is 0 Å². The van der Waals surface area contributed by atoms with Crippen molar-refractivity contribution in [2.45, 2.75) is 19.8 Å². The van der Waals surface area contributed by atoms with Gasteiger partial charge < -0.3 is 20.1 Å². The van der Waals surface area contributed by atoms with Gasteiger partial charge in [0, 0.05) is 23.4 Å². The molecule has 0 unspecified atom stereocenters. The Morgan fingerprint density at radius 2 is 1.96 bits per heavy atom. The number of nitrogen functional groups attached to an aromatic ring is 1. The average molecular weight is 316 g/mol. The summed E-state index contributed by atoms with van der Waals surface area (Å²) in [4.78, 5) is 10.8. The van der Waals surface area contributed by atoms with Gasteiger partial charge in [0.05, 0.1) is 19.2 Å². The Kier molecular flexibility index (Phi) is 4.02. The lowest BCUT2D eigenvalue weighted by molar-refractivity contribution is 0.189. The Bertz CT molecular complexity index is 726. The van der Waals surface area contributed by atoms with Crippen LogP contribution in [-0.2, 0) is 0 Å². The summed E-state index contributed by atoms with van der Waals surface area (Å²) >= 11 is 0. The second-order valence-electron chi connectivity index (χ2n) is 6.70. The fraction of sp³-hybridized carbons (Fsp3) is 0.529. The minimum Gasteiger partial charge on any atom is -0.493 e. The molecule has 124 valence electrons. The van der Waals surface area contributed by atoms with Crippen molar-refractivity contribution >= 4 is 16.7 Å². The lowest BCUT2D eigenvalue weighted by atomic mass is 10.1. The predicted molar refractivity (Wildman–Crippen MR) is 91.0 cm³/mol. The topological polar surface area (TPSA) is 73.5 Å². The van der Waals surface area contributed by atoms with Crippen LogP contribution in [0.5, 0.6) is 11.5 Å². The van der Waals surface area contributed by atoms with Gasteiger partial charge in [-0.15, -0.1) is 0 Å². The molecule has 2 N–H and O–H groups in total. The fourth-order valence-corrected chi connectivity index (χ4v) is 2.98. The third kappa shape index (κ3) is 3.32.